The Morgan fingerprint density at radius 2 is 2.00 bits per heavy atom. The molecule has 9 heteroatoms. The van der Waals surface area contributed by atoms with Gasteiger partial charge in [-0.1, -0.05) is 44.7 Å². The fourth-order valence-corrected chi connectivity index (χ4v) is 3.41. The number of imide groups is 1. The van der Waals surface area contributed by atoms with Gasteiger partial charge in [0.05, 0.1) is 16.8 Å². The van der Waals surface area contributed by atoms with Gasteiger partial charge < -0.3 is 15.0 Å². The van der Waals surface area contributed by atoms with Gasteiger partial charge in [0.1, 0.15) is 0 Å². The van der Waals surface area contributed by atoms with Crippen LogP contribution in [-0.2, 0) is 20.9 Å². The van der Waals surface area contributed by atoms with Crippen LogP contribution in [0.25, 0.3) is 11.0 Å². The molecule has 8 nitrogen and oxygen atoms in total. The van der Waals surface area contributed by atoms with Crippen molar-refractivity contribution in [3.05, 3.63) is 24.3 Å². The first-order valence-electron chi connectivity index (χ1n) is 8.71. The predicted octanol–water partition coefficient (Wildman–Crippen LogP) is 2.30. The van der Waals surface area contributed by atoms with Crippen molar-refractivity contribution in [1.82, 2.24) is 14.9 Å². The van der Waals surface area contributed by atoms with Crippen molar-refractivity contribution < 1.29 is 19.1 Å². The molecular formula is C18H24N4O4S. The maximum atomic E-state index is 12.2. The Bertz CT molecular complexity index is 834. The number of fused-ring (bicyclic) bond motifs is 1. The minimum Gasteiger partial charge on any atom is -0.451 e. The molecule has 0 bridgehead atoms. The molecule has 0 fully saturated rings. The Morgan fingerprint density at radius 3 is 2.63 bits per heavy atom. The van der Waals surface area contributed by atoms with Crippen LogP contribution in [0.1, 0.15) is 27.2 Å². The van der Waals surface area contributed by atoms with E-state index < -0.39 is 24.0 Å². The number of imidazole rings is 1. The van der Waals surface area contributed by atoms with Crippen LogP contribution in [0.15, 0.2) is 29.4 Å². The number of hydrogen-bond acceptors (Lipinski definition) is 6. The molecule has 1 heterocycles. The van der Waals surface area contributed by atoms with Gasteiger partial charge in [0.2, 0.25) is 0 Å². The lowest BCUT2D eigenvalue weighted by Gasteiger charge is -2.19. The highest BCUT2D eigenvalue weighted by Crippen LogP contribution is 2.24. The van der Waals surface area contributed by atoms with E-state index in [1.54, 1.807) is 13.8 Å². The first-order valence-corrected chi connectivity index (χ1v) is 9.69. The Hall–Kier alpha value is -2.55. The summed E-state index contributed by atoms with van der Waals surface area (Å²) in [4.78, 5) is 39.6. The van der Waals surface area contributed by atoms with E-state index in [0.29, 0.717) is 0 Å². The lowest BCUT2D eigenvalue weighted by molar-refractivity contribution is -0.155. The number of carbonyl (C=O) groups is 3. The van der Waals surface area contributed by atoms with Crippen molar-refractivity contribution in [1.29, 1.82) is 0 Å². The second kappa shape index (κ2) is 9.40. The largest absolute Gasteiger partial charge is 0.451 e. The number of para-hydroxylation sites is 2. The van der Waals surface area contributed by atoms with Crippen LogP contribution in [0.3, 0.4) is 0 Å². The van der Waals surface area contributed by atoms with Crippen molar-refractivity contribution >= 4 is 40.7 Å². The van der Waals surface area contributed by atoms with Crippen molar-refractivity contribution in [2.45, 2.75) is 45.0 Å². The minimum absolute atomic E-state index is 0.000107. The van der Waals surface area contributed by atoms with Gasteiger partial charge in [-0.05, 0) is 24.5 Å². The fraction of sp³-hybridized carbons (Fsp3) is 0.444. The molecule has 0 unspecified atom stereocenters. The summed E-state index contributed by atoms with van der Waals surface area (Å²) in [5.74, 6) is -1.59. The molecule has 1 aromatic heterocycles. The number of benzene rings is 1. The molecule has 146 valence electrons. The molecule has 0 saturated heterocycles. The summed E-state index contributed by atoms with van der Waals surface area (Å²) in [5, 5.41) is 2.67. The number of aryl methyl sites for hydroxylation is 1. The van der Waals surface area contributed by atoms with Crippen LogP contribution < -0.4 is 11.1 Å². The molecule has 0 aliphatic carbocycles. The molecule has 1 atom stereocenters. The number of nitrogens with zero attached hydrogens (tertiary/aromatic N) is 2. The summed E-state index contributed by atoms with van der Waals surface area (Å²) in [6.45, 7) is 6.29. The Kier molecular flexibility index (Phi) is 7.23. The van der Waals surface area contributed by atoms with E-state index in [9.17, 15) is 14.4 Å². The summed E-state index contributed by atoms with van der Waals surface area (Å²) >= 11 is 1.25. The van der Waals surface area contributed by atoms with Gasteiger partial charge in [-0.15, -0.1) is 0 Å². The number of rotatable bonds is 8. The monoisotopic (exact) mass is 392 g/mol. The summed E-state index contributed by atoms with van der Waals surface area (Å²) in [6.07, 6.45) is -0.152. The van der Waals surface area contributed by atoms with Crippen LogP contribution in [-0.4, -0.2) is 39.3 Å². The summed E-state index contributed by atoms with van der Waals surface area (Å²) in [7, 11) is 0. The van der Waals surface area contributed by atoms with Gasteiger partial charge in [-0.2, -0.15) is 0 Å². The van der Waals surface area contributed by atoms with Gasteiger partial charge in [0, 0.05) is 6.54 Å². The summed E-state index contributed by atoms with van der Waals surface area (Å²) in [5.41, 5.74) is 6.83. The predicted molar refractivity (Wildman–Crippen MR) is 103 cm³/mol. The van der Waals surface area contributed by atoms with E-state index in [2.05, 4.69) is 16.5 Å². The smallest absolute Gasteiger partial charge is 0.318 e. The number of esters is 1. The number of carbonyl (C=O) groups excluding carboxylic acids is 3. The molecule has 2 rings (SSSR count). The van der Waals surface area contributed by atoms with Gasteiger partial charge >= 0.3 is 12.0 Å². The zero-order valence-electron chi connectivity index (χ0n) is 15.6. The van der Waals surface area contributed by atoms with Crippen LogP contribution in [0.2, 0.25) is 0 Å². The third-order valence-corrected chi connectivity index (χ3v) is 4.70. The first-order chi connectivity index (χ1) is 12.8. The zero-order chi connectivity index (χ0) is 20.0. The highest BCUT2D eigenvalue weighted by atomic mass is 32.2. The number of hydrogen-bond donors (Lipinski definition) is 2. The van der Waals surface area contributed by atoms with Gasteiger partial charge in [0.15, 0.2) is 11.3 Å². The minimum atomic E-state index is -1.08. The Morgan fingerprint density at radius 1 is 1.30 bits per heavy atom. The number of amides is 3. The Balaban J connectivity index is 2.06. The fourth-order valence-electron chi connectivity index (χ4n) is 2.59. The molecule has 3 amide bonds. The molecule has 1 aromatic carbocycles. The first kappa shape index (κ1) is 20.8. The number of ether oxygens (including phenoxy) is 1. The molecule has 0 saturated carbocycles. The van der Waals surface area contributed by atoms with Crippen molar-refractivity contribution in [2.24, 2.45) is 11.7 Å². The van der Waals surface area contributed by atoms with Crippen LogP contribution in [0.4, 0.5) is 4.79 Å². The topological polar surface area (TPSA) is 116 Å². The van der Waals surface area contributed by atoms with Gasteiger partial charge in [0.25, 0.3) is 5.91 Å². The molecule has 0 aliphatic rings. The highest BCUT2D eigenvalue weighted by Gasteiger charge is 2.27. The lowest BCUT2D eigenvalue weighted by atomic mass is 10.1. The van der Waals surface area contributed by atoms with Crippen molar-refractivity contribution in [3.63, 3.8) is 0 Å². The number of thioether (sulfide) groups is 1. The third kappa shape index (κ3) is 5.46. The molecule has 2 aromatic rings. The van der Waals surface area contributed by atoms with Crippen LogP contribution >= 0.6 is 11.8 Å². The maximum absolute atomic E-state index is 12.2. The number of aromatic nitrogens is 2. The molecular weight excluding hydrogens is 368 g/mol. The van der Waals surface area contributed by atoms with Gasteiger partial charge in [-0.3, -0.25) is 14.9 Å². The van der Waals surface area contributed by atoms with Gasteiger partial charge in [-0.25, -0.2) is 9.78 Å². The number of primary amides is 1. The molecule has 0 spiro atoms. The quantitative estimate of drug-likeness (QED) is 0.526. The second-order valence-electron chi connectivity index (χ2n) is 6.33. The Labute approximate surface area is 161 Å². The third-order valence-electron chi connectivity index (χ3n) is 3.75. The molecule has 27 heavy (non-hydrogen) atoms. The summed E-state index contributed by atoms with van der Waals surface area (Å²) in [6, 6.07) is 6.79. The molecule has 0 radical (unpaired) electrons. The van der Waals surface area contributed by atoms with Crippen LogP contribution in [0, 0.1) is 5.92 Å². The van der Waals surface area contributed by atoms with Crippen molar-refractivity contribution in [2.75, 3.05) is 5.75 Å². The van der Waals surface area contributed by atoms with E-state index in [4.69, 9.17) is 10.5 Å². The SMILES string of the molecule is CCCn1c(SCC(=O)O[C@@H](C(=O)NC(N)=O)C(C)C)nc2ccccc21. The summed E-state index contributed by atoms with van der Waals surface area (Å²) < 4.78 is 7.32. The van der Waals surface area contributed by atoms with E-state index in [1.165, 1.54) is 11.8 Å². The second-order valence-corrected chi connectivity index (χ2v) is 7.27. The standard InChI is InChI=1S/C18H24N4O4S/c1-4-9-22-13-8-6-5-7-12(13)20-18(22)27-10-14(23)26-15(11(2)3)16(24)21-17(19)25/h5-8,11,15H,4,9-10H2,1-3H3,(H3,19,21,24,25)/t15-/m1/s1. The van der Waals surface area contributed by atoms with Crippen molar-refractivity contribution in [3.8, 4) is 0 Å². The van der Waals surface area contributed by atoms with E-state index in [1.807, 2.05) is 29.6 Å². The average molecular weight is 392 g/mol. The normalized spacial score (nSPS) is 12.1. The molecule has 0 aliphatic heterocycles. The molecule has 3 N–H and O–H groups in total. The zero-order valence-corrected chi connectivity index (χ0v) is 16.4. The number of nitrogens with one attached hydrogen (secondary N) is 1. The average Bonchev–Trinajstić information content (AvgIpc) is 2.95. The van der Waals surface area contributed by atoms with E-state index in [-0.39, 0.29) is 11.7 Å². The number of urea groups is 1. The van der Waals surface area contributed by atoms with E-state index >= 15 is 0 Å². The highest BCUT2D eigenvalue weighted by molar-refractivity contribution is 7.99. The number of nitrogens with two attached hydrogens (primary N) is 1. The van der Waals surface area contributed by atoms with Crippen LogP contribution in [0.5, 0.6) is 0 Å². The maximum Gasteiger partial charge on any atom is 0.318 e. The lowest BCUT2D eigenvalue weighted by Crippen LogP contribution is -2.45. The van der Waals surface area contributed by atoms with E-state index in [0.717, 1.165) is 29.2 Å².